The fourth-order valence-electron chi connectivity index (χ4n) is 1.61. The fraction of sp³-hybridized carbons (Fsp3) is 0.0769. The summed E-state index contributed by atoms with van der Waals surface area (Å²) < 4.78 is 40.9. The first-order valence-corrected chi connectivity index (χ1v) is 8.39. The molecule has 8 heteroatoms. The molecule has 4 nitrogen and oxygen atoms in total. The Labute approximate surface area is 135 Å². The number of nitrogens with one attached hydrogen (secondary N) is 1. The van der Waals surface area contributed by atoms with Crippen LogP contribution in [-0.2, 0) is 10.0 Å². The number of hydrogen-bond acceptors (Lipinski definition) is 3. The quantitative estimate of drug-likeness (QED) is 0.776. The molecular formula is C13H11BrClFN2O2S. The molecule has 2 aromatic carbocycles. The Morgan fingerprint density at radius 1 is 1.29 bits per heavy atom. The van der Waals surface area contributed by atoms with Gasteiger partial charge in [0.1, 0.15) is 5.82 Å². The molecule has 2 rings (SSSR count). The molecule has 0 aromatic heterocycles. The second-order valence-corrected chi connectivity index (χ2v) is 7.35. The van der Waals surface area contributed by atoms with Gasteiger partial charge in [0.2, 0.25) is 0 Å². The summed E-state index contributed by atoms with van der Waals surface area (Å²) in [5.74, 6) is -0.695. The Morgan fingerprint density at radius 2 is 1.95 bits per heavy atom. The molecule has 0 saturated carbocycles. The maximum Gasteiger partial charge on any atom is 0.262 e. The summed E-state index contributed by atoms with van der Waals surface area (Å²) in [6, 6.07) is 6.55. The summed E-state index contributed by atoms with van der Waals surface area (Å²) in [5, 5.41) is 0.228. The van der Waals surface area contributed by atoms with Gasteiger partial charge in [0.25, 0.3) is 10.0 Å². The Kier molecular flexibility index (Phi) is 4.46. The highest BCUT2D eigenvalue weighted by molar-refractivity contribution is 9.10. The molecule has 0 fully saturated rings. The Morgan fingerprint density at radius 3 is 2.52 bits per heavy atom. The smallest absolute Gasteiger partial charge is 0.262 e. The lowest BCUT2D eigenvalue weighted by Crippen LogP contribution is -2.14. The first-order valence-electron chi connectivity index (χ1n) is 5.74. The summed E-state index contributed by atoms with van der Waals surface area (Å²) >= 11 is 9.02. The first kappa shape index (κ1) is 16.1. The fourth-order valence-corrected chi connectivity index (χ4v) is 3.36. The summed E-state index contributed by atoms with van der Waals surface area (Å²) in [7, 11) is -3.98. The van der Waals surface area contributed by atoms with E-state index in [1.54, 1.807) is 6.92 Å². The van der Waals surface area contributed by atoms with Crippen molar-refractivity contribution in [1.29, 1.82) is 0 Å². The van der Waals surface area contributed by atoms with Gasteiger partial charge in [0, 0.05) is 15.2 Å². The van der Waals surface area contributed by atoms with E-state index in [1.807, 2.05) is 0 Å². The van der Waals surface area contributed by atoms with Crippen molar-refractivity contribution in [2.45, 2.75) is 11.8 Å². The summed E-state index contributed by atoms with van der Waals surface area (Å²) in [5.41, 5.74) is 6.38. The second kappa shape index (κ2) is 5.82. The molecule has 2 aromatic rings. The summed E-state index contributed by atoms with van der Waals surface area (Å²) in [6.07, 6.45) is 0. The van der Waals surface area contributed by atoms with Crippen molar-refractivity contribution in [1.82, 2.24) is 0 Å². The van der Waals surface area contributed by atoms with E-state index in [4.69, 9.17) is 17.3 Å². The number of nitrogens with two attached hydrogens (primary N) is 1. The highest BCUT2D eigenvalue weighted by Gasteiger charge is 2.18. The summed E-state index contributed by atoms with van der Waals surface area (Å²) in [6.45, 7) is 1.68. The van der Waals surface area contributed by atoms with Crippen LogP contribution in [0.2, 0.25) is 5.02 Å². The molecule has 0 spiro atoms. The molecule has 0 saturated heterocycles. The van der Waals surface area contributed by atoms with Crippen molar-refractivity contribution in [2.24, 2.45) is 0 Å². The Hall–Kier alpha value is -1.31. The third kappa shape index (κ3) is 3.48. The lowest BCUT2D eigenvalue weighted by atomic mass is 10.2. The zero-order chi connectivity index (χ0) is 15.8. The van der Waals surface area contributed by atoms with Crippen LogP contribution in [0.1, 0.15) is 5.56 Å². The maximum absolute atomic E-state index is 13.7. The number of halogens is 3. The van der Waals surface area contributed by atoms with Crippen molar-refractivity contribution in [3.05, 3.63) is 51.2 Å². The van der Waals surface area contributed by atoms with Crippen LogP contribution in [0.5, 0.6) is 0 Å². The minimum Gasteiger partial charge on any atom is -0.398 e. The number of rotatable bonds is 3. The standard InChI is InChI=1S/C13H11BrClFN2O2S/c1-7-10(15)5-9(6-12(7)17)21(19,20)18-13-3-2-8(14)4-11(13)16/h2-6,18H,17H2,1H3. The van der Waals surface area contributed by atoms with Crippen LogP contribution in [0.15, 0.2) is 39.7 Å². The molecule has 21 heavy (non-hydrogen) atoms. The molecule has 0 aliphatic heterocycles. The second-order valence-electron chi connectivity index (χ2n) is 4.35. The lowest BCUT2D eigenvalue weighted by Gasteiger charge is -2.11. The molecule has 112 valence electrons. The van der Waals surface area contributed by atoms with Gasteiger partial charge in [-0.25, -0.2) is 12.8 Å². The highest BCUT2D eigenvalue weighted by atomic mass is 79.9. The van der Waals surface area contributed by atoms with E-state index in [9.17, 15) is 12.8 Å². The minimum absolute atomic E-state index is 0.127. The Balaban J connectivity index is 2.43. The van der Waals surface area contributed by atoms with Crippen LogP contribution in [0.4, 0.5) is 15.8 Å². The maximum atomic E-state index is 13.7. The number of sulfonamides is 1. The first-order chi connectivity index (χ1) is 9.70. The molecule has 0 radical (unpaired) electrons. The lowest BCUT2D eigenvalue weighted by molar-refractivity contribution is 0.598. The van der Waals surface area contributed by atoms with Crippen LogP contribution in [0.25, 0.3) is 0 Å². The normalized spacial score (nSPS) is 11.4. The van der Waals surface area contributed by atoms with Crippen molar-refractivity contribution in [3.63, 3.8) is 0 Å². The number of anilines is 2. The molecule has 0 aliphatic carbocycles. The molecule has 0 heterocycles. The average Bonchev–Trinajstić information content (AvgIpc) is 2.38. The van der Waals surface area contributed by atoms with E-state index >= 15 is 0 Å². The molecule has 3 N–H and O–H groups in total. The van der Waals surface area contributed by atoms with Crippen LogP contribution in [0.3, 0.4) is 0 Å². The van der Waals surface area contributed by atoms with E-state index in [1.165, 1.54) is 24.3 Å². The van der Waals surface area contributed by atoms with Crippen molar-refractivity contribution in [2.75, 3.05) is 10.5 Å². The molecule has 0 bridgehead atoms. The zero-order valence-corrected chi connectivity index (χ0v) is 14.0. The number of benzene rings is 2. The SMILES string of the molecule is Cc1c(N)cc(S(=O)(=O)Nc2ccc(Br)cc2F)cc1Cl. The van der Waals surface area contributed by atoms with Gasteiger partial charge in [-0.1, -0.05) is 27.5 Å². The largest absolute Gasteiger partial charge is 0.398 e. The van der Waals surface area contributed by atoms with E-state index in [0.717, 1.165) is 6.07 Å². The third-order valence-corrected chi connectivity index (χ3v) is 5.07. The molecule has 0 atom stereocenters. The molecule has 0 amide bonds. The van der Waals surface area contributed by atoms with Gasteiger partial charge < -0.3 is 5.73 Å². The predicted octanol–water partition coefficient (Wildman–Crippen LogP) is 3.93. The van der Waals surface area contributed by atoms with Crippen LogP contribution in [-0.4, -0.2) is 8.42 Å². The topological polar surface area (TPSA) is 72.2 Å². The molecule has 0 aliphatic rings. The van der Waals surface area contributed by atoms with Crippen LogP contribution >= 0.6 is 27.5 Å². The Bertz CT molecular complexity index is 789. The van der Waals surface area contributed by atoms with Crippen molar-refractivity contribution in [3.8, 4) is 0 Å². The highest BCUT2D eigenvalue weighted by Crippen LogP contribution is 2.28. The van der Waals surface area contributed by atoms with Crippen LogP contribution in [0, 0.1) is 12.7 Å². The van der Waals surface area contributed by atoms with Gasteiger partial charge in [-0.05, 0) is 42.8 Å². The van der Waals surface area contributed by atoms with E-state index in [2.05, 4.69) is 20.7 Å². The molecule has 0 unspecified atom stereocenters. The van der Waals surface area contributed by atoms with E-state index in [0.29, 0.717) is 10.0 Å². The third-order valence-electron chi connectivity index (χ3n) is 2.84. The van der Waals surface area contributed by atoms with Gasteiger partial charge in [0.05, 0.1) is 10.6 Å². The minimum atomic E-state index is -3.98. The van der Waals surface area contributed by atoms with Gasteiger partial charge in [0.15, 0.2) is 0 Å². The van der Waals surface area contributed by atoms with E-state index < -0.39 is 15.8 Å². The van der Waals surface area contributed by atoms with Gasteiger partial charge in [-0.15, -0.1) is 0 Å². The van der Waals surface area contributed by atoms with E-state index in [-0.39, 0.29) is 21.3 Å². The molecular weight excluding hydrogens is 383 g/mol. The van der Waals surface area contributed by atoms with Crippen molar-refractivity contribution >= 4 is 48.9 Å². The van der Waals surface area contributed by atoms with Gasteiger partial charge >= 0.3 is 0 Å². The average molecular weight is 394 g/mol. The number of hydrogen-bond donors (Lipinski definition) is 2. The number of nitrogen functional groups attached to an aromatic ring is 1. The predicted molar refractivity (Wildman–Crippen MR) is 85.5 cm³/mol. The monoisotopic (exact) mass is 392 g/mol. The zero-order valence-electron chi connectivity index (χ0n) is 10.8. The van der Waals surface area contributed by atoms with Gasteiger partial charge in [-0.2, -0.15) is 0 Å². The van der Waals surface area contributed by atoms with Crippen LogP contribution < -0.4 is 10.5 Å². The van der Waals surface area contributed by atoms with Crippen molar-refractivity contribution < 1.29 is 12.8 Å². The summed E-state index contributed by atoms with van der Waals surface area (Å²) in [4.78, 5) is -0.127. The van der Waals surface area contributed by atoms with Gasteiger partial charge in [-0.3, -0.25) is 4.72 Å².